The van der Waals surface area contributed by atoms with Gasteiger partial charge in [0.2, 0.25) is 0 Å². The second-order valence-electron chi connectivity index (χ2n) is 4.65. The molecule has 1 aromatic rings. The highest BCUT2D eigenvalue weighted by molar-refractivity contribution is 9.10. The van der Waals surface area contributed by atoms with Gasteiger partial charge in [-0.2, -0.15) is 0 Å². The van der Waals surface area contributed by atoms with Crippen molar-refractivity contribution in [2.24, 2.45) is 11.1 Å². The van der Waals surface area contributed by atoms with E-state index in [9.17, 15) is 5.11 Å². The summed E-state index contributed by atoms with van der Waals surface area (Å²) in [5.41, 5.74) is 8.07. The molecular formula is C12H18BrNO. The molecule has 0 aliphatic heterocycles. The van der Waals surface area contributed by atoms with Gasteiger partial charge in [-0.15, -0.1) is 0 Å². The van der Waals surface area contributed by atoms with Crippen LogP contribution >= 0.6 is 15.9 Å². The molecule has 2 nitrogen and oxygen atoms in total. The summed E-state index contributed by atoms with van der Waals surface area (Å²) in [5, 5.41) is 9.28. The molecule has 0 heterocycles. The van der Waals surface area contributed by atoms with E-state index in [-0.39, 0.29) is 18.1 Å². The molecule has 0 saturated carbocycles. The van der Waals surface area contributed by atoms with Crippen molar-refractivity contribution in [2.75, 3.05) is 6.61 Å². The first-order valence-corrected chi connectivity index (χ1v) is 5.80. The third-order valence-electron chi connectivity index (χ3n) is 2.74. The van der Waals surface area contributed by atoms with Crippen molar-refractivity contribution in [1.82, 2.24) is 0 Å². The molecule has 0 aliphatic rings. The van der Waals surface area contributed by atoms with Crippen LogP contribution in [0.5, 0.6) is 0 Å². The summed E-state index contributed by atoms with van der Waals surface area (Å²) >= 11 is 3.51. The maximum atomic E-state index is 9.28. The molecule has 84 valence electrons. The minimum Gasteiger partial charge on any atom is -0.396 e. The molecule has 0 radical (unpaired) electrons. The van der Waals surface area contributed by atoms with Crippen LogP contribution in [0.4, 0.5) is 0 Å². The summed E-state index contributed by atoms with van der Waals surface area (Å²) < 4.78 is 1.01. The third kappa shape index (κ3) is 2.80. The van der Waals surface area contributed by atoms with Gasteiger partial charge in [0.15, 0.2) is 0 Å². The lowest BCUT2D eigenvalue weighted by Gasteiger charge is -2.30. The largest absolute Gasteiger partial charge is 0.396 e. The van der Waals surface area contributed by atoms with E-state index < -0.39 is 0 Å². The van der Waals surface area contributed by atoms with Crippen LogP contribution in [0.3, 0.4) is 0 Å². The average molecular weight is 272 g/mol. The Morgan fingerprint density at radius 2 is 2.07 bits per heavy atom. The monoisotopic (exact) mass is 271 g/mol. The van der Waals surface area contributed by atoms with Gasteiger partial charge in [-0.1, -0.05) is 41.9 Å². The maximum Gasteiger partial charge on any atom is 0.0500 e. The molecule has 1 rings (SSSR count). The lowest BCUT2D eigenvalue weighted by molar-refractivity contribution is 0.132. The smallest absolute Gasteiger partial charge is 0.0500 e. The Balaban J connectivity index is 3.06. The molecule has 1 aromatic carbocycles. The predicted octanol–water partition coefficient (Wildman–Crippen LogP) is 2.78. The number of aryl methyl sites for hydroxylation is 1. The number of hydrogen-bond acceptors (Lipinski definition) is 2. The zero-order chi connectivity index (χ0) is 11.6. The minimum absolute atomic E-state index is 0.0779. The van der Waals surface area contributed by atoms with Gasteiger partial charge in [-0.05, 0) is 24.1 Å². The van der Waals surface area contributed by atoms with Crippen LogP contribution in [-0.2, 0) is 0 Å². The summed E-state index contributed by atoms with van der Waals surface area (Å²) in [6.45, 7) is 6.04. The Bertz CT molecular complexity index is 349. The van der Waals surface area contributed by atoms with Crippen molar-refractivity contribution in [3.63, 3.8) is 0 Å². The van der Waals surface area contributed by atoms with E-state index in [4.69, 9.17) is 5.73 Å². The van der Waals surface area contributed by atoms with Crippen molar-refractivity contribution in [1.29, 1.82) is 0 Å². The zero-order valence-electron chi connectivity index (χ0n) is 9.42. The molecule has 0 aliphatic carbocycles. The minimum atomic E-state index is -0.308. The summed E-state index contributed by atoms with van der Waals surface area (Å²) in [6, 6.07) is 5.93. The fourth-order valence-electron chi connectivity index (χ4n) is 1.40. The Morgan fingerprint density at radius 3 is 2.53 bits per heavy atom. The first-order chi connectivity index (χ1) is 6.88. The normalized spacial score (nSPS) is 14.0. The van der Waals surface area contributed by atoms with E-state index >= 15 is 0 Å². The Hall–Kier alpha value is -0.380. The zero-order valence-corrected chi connectivity index (χ0v) is 11.0. The van der Waals surface area contributed by atoms with Crippen LogP contribution in [0.2, 0.25) is 0 Å². The molecule has 0 spiro atoms. The number of aliphatic hydroxyl groups excluding tert-OH is 1. The van der Waals surface area contributed by atoms with Crippen molar-refractivity contribution >= 4 is 15.9 Å². The second-order valence-corrected chi connectivity index (χ2v) is 5.50. The fraction of sp³-hybridized carbons (Fsp3) is 0.500. The van der Waals surface area contributed by atoms with Crippen LogP contribution in [0.15, 0.2) is 22.7 Å². The second kappa shape index (κ2) is 4.64. The van der Waals surface area contributed by atoms with Crippen LogP contribution in [0.1, 0.15) is 31.0 Å². The van der Waals surface area contributed by atoms with Gasteiger partial charge in [0, 0.05) is 22.5 Å². The third-order valence-corrected chi connectivity index (χ3v) is 3.43. The molecule has 0 bridgehead atoms. The maximum absolute atomic E-state index is 9.28. The lowest BCUT2D eigenvalue weighted by Crippen LogP contribution is -2.32. The van der Waals surface area contributed by atoms with Gasteiger partial charge < -0.3 is 10.8 Å². The number of benzene rings is 1. The van der Waals surface area contributed by atoms with E-state index in [1.807, 2.05) is 39.0 Å². The first-order valence-electron chi connectivity index (χ1n) is 5.01. The van der Waals surface area contributed by atoms with Crippen molar-refractivity contribution in [2.45, 2.75) is 26.8 Å². The highest BCUT2D eigenvalue weighted by atomic mass is 79.9. The summed E-state index contributed by atoms with van der Waals surface area (Å²) in [4.78, 5) is 0. The molecule has 0 unspecified atom stereocenters. The molecule has 3 N–H and O–H groups in total. The summed E-state index contributed by atoms with van der Waals surface area (Å²) in [6.07, 6.45) is 0. The summed E-state index contributed by atoms with van der Waals surface area (Å²) in [7, 11) is 0. The number of hydrogen-bond donors (Lipinski definition) is 2. The SMILES string of the molecule is Cc1ccc([C@H](N)C(C)(C)CO)c(Br)c1. The van der Waals surface area contributed by atoms with Gasteiger partial charge >= 0.3 is 0 Å². The van der Waals surface area contributed by atoms with Gasteiger partial charge in [-0.25, -0.2) is 0 Å². The van der Waals surface area contributed by atoms with E-state index in [1.165, 1.54) is 5.56 Å². The van der Waals surface area contributed by atoms with Gasteiger partial charge in [0.1, 0.15) is 0 Å². The predicted molar refractivity (Wildman–Crippen MR) is 66.7 cm³/mol. The van der Waals surface area contributed by atoms with Crippen LogP contribution in [0.25, 0.3) is 0 Å². The molecule has 1 atom stereocenters. The standard InChI is InChI=1S/C12H18BrNO/c1-8-4-5-9(10(13)6-8)11(14)12(2,3)7-15/h4-6,11,15H,7,14H2,1-3H3/t11-/m0/s1. The molecule has 0 amide bonds. The van der Waals surface area contributed by atoms with E-state index in [2.05, 4.69) is 15.9 Å². The van der Waals surface area contributed by atoms with E-state index in [0.29, 0.717) is 0 Å². The van der Waals surface area contributed by atoms with Crippen LogP contribution in [0, 0.1) is 12.3 Å². The van der Waals surface area contributed by atoms with Gasteiger partial charge in [0.05, 0.1) is 0 Å². The van der Waals surface area contributed by atoms with E-state index in [1.54, 1.807) is 0 Å². The Morgan fingerprint density at radius 1 is 1.47 bits per heavy atom. The quantitative estimate of drug-likeness (QED) is 0.888. The van der Waals surface area contributed by atoms with Crippen molar-refractivity contribution in [3.05, 3.63) is 33.8 Å². The molecular weight excluding hydrogens is 254 g/mol. The van der Waals surface area contributed by atoms with E-state index in [0.717, 1.165) is 10.0 Å². The van der Waals surface area contributed by atoms with Crippen molar-refractivity contribution in [3.8, 4) is 0 Å². The number of nitrogens with two attached hydrogens (primary N) is 1. The van der Waals surface area contributed by atoms with Gasteiger partial charge in [-0.3, -0.25) is 0 Å². The molecule has 0 fully saturated rings. The number of aliphatic hydroxyl groups is 1. The van der Waals surface area contributed by atoms with Crippen LogP contribution < -0.4 is 5.73 Å². The number of rotatable bonds is 3. The topological polar surface area (TPSA) is 46.2 Å². The highest BCUT2D eigenvalue weighted by Gasteiger charge is 2.28. The number of halogens is 1. The Labute approximate surface area is 99.6 Å². The fourth-order valence-corrected chi connectivity index (χ4v) is 2.14. The molecule has 3 heteroatoms. The first kappa shape index (κ1) is 12.7. The highest BCUT2D eigenvalue weighted by Crippen LogP contribution is 2.34. The van der Waals surface area contributed by atoms with Gasteiger partial charge in [0.25, 0.3) is 0 Å². The summed E-state index contributed by atoms with van der Waals surface area (Å²) in [5.74, 6) is 0. The van der Waals surface area contributed by atoms with Crippen LogP contribution in [-0.4, -0.2) is 11.7 Å². The lowest BCUT2D eigenvalue weighted by atomic mass is 9.82. The molecule has 0 aromatic heterocycles. The van der Waals surface area contributed by atoms with Crippen molar-refractivity contribution < 1.29 is 5.11 Å². The Kier molecular flexibility index (Phi) is 3.93. The average Bonchev–Trinajstić information content (AvgIpc) is 2.17. The molecule has 0 saturated heterocycles. The molecule has 15 heavy (non-hydrogen) atoms.